The molecule has 0 aliphatic heterocycles. The molecule has 34 heavy (non-hydrogen) atoms. The summed E-state index contributed by atoms with van der Waals surface area (Å²) in [7, 11) is -1.98. The second-order valence-electron chi connectivity index (χ2n) is 8.91. The van der Waals surface area contributed by atoms with Gasteiger partial charge in [0, 0.05) is 37.0 Å². The van der Waals surface area contributed by atoms with Crippen molar-refractivity contribution >= 4 is 32.7 Å². The molecule has 1 fully saturated rings. The normalized spacial score (nSPS) is 17.3. The highest BCUT2D eigenvalue weighted by Crippen LogP contribution is 2.36. The maximum Gasteiger partial charge on any atom is 0.331 e. The molecule has 0 saturated heterocycles. The summed E-state index contributed by atoms with van der Waals surface area (Å²) in [5.41, 5.74) is 0.863. The van der Waals surface area contributed by atoms with Crippen LogP contribution in [0.15, 0.2) is 68.3 Å². The third-order valence-electron chi connectivity index (χ3n) is 6.29. The minimum absolute atomic E-state index is 0.0283. The molecule has 1 saturated carbocycles. The second kappa shape index (κ2) is 9.59. The molecule has 8 nitrogen and oxygen atoms in total. The Bertz CT molecular complexity index is 1430. The third kappa shape index (κ3) is 4.94. The summed E-state index contributed by atoms with van der Waals surface area (Å²) in [6, 6.07) is 4.44. The Labute approximate surface area is 203 Å². The number of benzene rings is 1. The third-order valence-corrected chi connectivity index (χ3v) is 8.52. The Hall–Kier alpha value is -2.56. The smallest absolute Gasteiger partial charge is 0.331 e. The lowest BCUT2D eigenvalue weighted by Gasteiger charge is -2.17. The van der Waals surface area contributed by atoms with E-state index in [9.17, 15) is 18.0 Å². The van der Waals surface area contributed by atoms with Gasteiger partial charge in [-0.3, -0.25) is 13.9 Å². The van der Waals surface area contributed by atoms with Gasteiger partial charge in [-0.15, -0.1) is 0 Å². The predicted molar refractivity (Wildman–Crippen MR) is 138 cm³/mol. The van der Waals surface area contributed by atoms with Gasteiger partial charge >= 0.3 is 5.69 Å². The first-order chi connectivity index (χ1) is 16.2. The van der Waals surface area contributed by atoms with Crippen molar-refractivity contribution in [2.45, 2.75) is 49.7 Å². The molecule has 2 aliphatic carbocycles. The van der Waals surface area contributed by atoms with E-state index in [1.807, 2.05) is 44.5 Å². The first-order valence-electron chi connectivity index (χ1n) is 11.2. The number of fused-ring (bicyclic) bond motifs is 1. The number of sulfonamides is 1. The predicted octanol–water partition coefficient (Wildman–Crippen LogP) is 2.35. The van der Waals surface area contributed by atoms with Crippen LogP contribution in [0.5, 0.6) is 0 Å². The average molecular weight is 503 g/mol. The Morgan fingerprint density at radius 2 is 1.91 bits per heavy atom. The van der Waals surface area contributed by atoms with E-state index in [1.54, 1.807) is 22.4 Å². The number of nitrogens with zero attached hydrogens (tertiary/aromatic N) is 2. The molecule has 1 aromatic heterocycles. The fraction of sp³-hybridized carbons (Fsp3) is 0.417. The summed E-state index contributed by atoms with van der Waals surface area (Å²) in [5, 5.41) is 3.37. The van der Waals surface area contributed by atoms with Crippen LogP contribution in [0.1, 0.15) is 26.2 Å². The van der Waals surface area contributed by atoms with Gasteiger partial charge in [0.05, 0.1) is 22.3 Å². The van der Waals surface area contributed by atoms with Crippen LogP contribution in [0.2, 0.25) is 0 Å². The number of aromatic nitrogens is 2. The summed E-state index contributed by atoms with van der Waals surface area (Å²) < 4.78 is 31.4. The molecular weight excluding hydrogens is 472 g/mol. The van der Waals surface area contributed by atoms with E-state index >= 15 is 0 Å². The Morgan fingerprint density at radius 1 is 1.15 bits per heavy atom. The Kier molecular flexibility index (Phi) is 6.93. The Balaban J connectivity index is 1.89. The van der Waals surface area contributed by atoms with Gasteiger partial charge in [-0.2, -0.15) is 11.8 Å². The van der Waals surface area contributed by atoms with Crippen molar-refractivity contribution in [3.63, 3.8) is 0 Å². The lowest BCUT2D eigenvalue weighted by molar-refractivity contribution is 0.558. The molecule has 0 bridgehead atoms. The van der Waals surface area contributed by atoms with Crippen LogP contribution in [-0.2, 0) is 23.1 Å². The molecule has 0 spiro atoms. The van der Waals surface area contributed by atoms with Crippen molar-refractivity contribution in [3.8, 4) is 0 Å². The van der Waals surface area contributed by atoms with E-state index < -0.39 is 26.8 Å². The fourth-order valence-electron chi connectivity index (χ4n) is 4.03. The zero-order chi connectivity index (χ0) is 24.5. The summed E-state index contributed by atoms with van der Waals surface area (Å²) >= 11 is 1.60. The fourth-order valence-corrected chi connectivity index (χ4v) is 5.89. The van der Waals surface area contributed by atoms with Crippen molar-refractivity contribution in [1.82, 2.24) is 19.2 Å². The first kappa shape index (κ1) is 24.6. The summed E-state index contributed by atoms with van der Waals surface area (Å²) in [4.78, 5) is 27.0. The second-order valence-corrected chi connectivity index (χ2v) is 11.6. The summed E-state index contributed by atoms with van der Waals surface area (Å²) in [6.45, 7) is 2.36. The number of allylic oxidation sites excluding steroid dienone is 5. The molecule has 2 aliphatic rings. The quantitative estimate of drug-likeness (QED) is 0.546. The number of rotatable bonds is 9. The van der Waals surface area contributed by atoms with Crippen molar-refractivity contribution in [2.24, 2.45) is 0 Å². The summed E-state index contributed by atoms with van der Waals surface area (Å²) in [6.07, 6.45) is 11.9. The van der Waals surface area contributed by atoms with Gasteiger partial charge in [0.1, 0.15) is 0 Å². The highest BCUT2D eigenvalue weighted by Gasteiger charge is 2.41. The van der Waals surface area contributed by atoms with Crippen molar-refractivity contribution in [1.29, 1.82) is 0 Å². The lowest BCUT2D eigenvalue weighted by atomic mass is 10.1. The van der Waals surface area contributed by atoms with Crippen LogP contribution in [0.4, 0.5) is 0 Å². The molecule has 0 amide bonds. The van der Waals surface area contributed by atoms with Gasteiger partial charge in [0.15, 0.2) is 0 Å². The maximum atomic E-state index is 13.6. The zero-order valence-electron chi connectivity index (χ0n) is 19.6. The molecule has 10 heteroatoms. The molecule has 4 rings (SSSR count). The largest absolute Gasteiger partial charge is 0.391 e. The lowest BCUT2D eigenvalue weighted by Crippen LogP contribution is -2.41. The van der Waals surface area contributed by atoms with E-state index in [0.717, 1.165) is 24.1 Å². The molecule has 1 aromatic carbocycles. The van der Waals surface area contributed by atoms with Crippen molar-refractivity contribution in [3.05, 3.63) is 74.6 Å². The monoisotopic (exact) mass is 502 g/mol. The molecule has 182 valence electrons. The molecule has 0 unspecified atom stereocenters. The molecule has 2 aromatic rings. The van der Waals surface area contributed by atoms with Crippen LogP contribution < -0.4 is 21.3 Å². The summed E-state index contributed by atoms with van der Waals surface area (Å²) in [5.74, 6) is 0.682. The van der Waals surface area contributed by atoms with E-state index in [0.29, 0.717) is 24.2 Å². The molecule has 0 atom stereocenters. The van der Waals surface area contributed by atoms with E-state index in [1.165, 1.54) is 16.7 Å². The van der Waals surface area contributed by atoms with Crippen LogP contribution in [0.3, 0.4) is 0 Å². The van der Waals surface area contributed by atoms with E-state index in [4.69, 9.17) is 0 Å². The Morgan fingerprint density at radius 3 is 2.59 bits per heavy atom. The highest BCUT2D eigenvalue weighted by molar-refractivity contribution is 7.98. The van der Waals surface area contributed by atoms with Gasteiger partial charge in [0.2, 0.25) is 10.0 Å². The molecule has 2 N–H and O–H groups in total. The number of hydrogen-bond donors (Lipinski definition) is 2. The highest BCUT2D eigenvalue weighted by atomic mass is 32.2. The van der Waals surface area contributed by atoms with E-state index in [2.05, 4.69) is 10.0 Å². The standard InChI is InChI=1S/C24H30N4O4S2/c1-24(11-12-24)26-34(31,32)18-9-10-21-19(15-18)22(29)28(23(30)27(21)13-14-33-3)16-17-7-5-4-6-8-20(17)25-2/h4-7,9-10,15,25-26H,8,11-14,16H2,1-3H3. The first-order valence-corrected chi connectivity index (χ1v) is 14.1. The maximum absolute atomic E-state index is 13.6. The zero-order valence-corrected chi connectivity index (χ0v) is 21.3. The van der Waals surface area contributed by atoms with Crippen LogP contribution in [-0.4, -0.2) is 42.1 Å². The van der Waals surface area contributed by atoms with Crippen molar-refractivity contribution in [2.75, 3.05) is 19.1 Å². The minimum Gasteiger partial charge on any atom is -0.391 e. The number of nitrogens with one attached hydrogen (secondary N) is 2. The molecular formula is C24H30N4O4S2. The van der Waals surface area contributed by atoms with Gasteiger partial charge in [-0.25, -0.2) is 17.9 Å². The van der Waals surface area contributed by atoms with Gasteiger partial charge in [-0.05, 0) is 49.8 Å². The van der Waals surface area contributed by atoms with Crippen LogP contribution in [0.25, 0.3) is 10.9 Å². The molecule has 1 heterocycles. The van der Waals surface area contributed by atoms with E-state index in [-0.39, 0.29) is 16.8 Å². The average Bonchev–Trinajstić information content (AvgIpc) is 3.57. The topological polar surface area (TPSA) is 102 Å². The number of hydrogen-bond acceptors (Lipinski definition) is 6. The number of thioether (sulfide) groups is 1. The number of aryl methyl sites for hydroxylation is 1. The SMILES string of the molecule is CNC1=C(Cn2c(=O)c3cc(S(=O)(=O)NC4(C)CC4)ccc3n(CCSC)c2=O)C=CC=CC1. The van der Waals surface area contributed by atoms with Gasteiger partial charge in [0.25, 0.3) is 5.56 Å². The van der Waals surface area contributed by atoms with Gasteiger partial charge in [-0.1, -0.05) is 24.3 Å². The van der Waals surface area contributed by atoms with Gasteiger partial charge < -0.3 is 5.32 Å². The molecule has 0 radical (unpaired) electrons. The van der Waals surface area contributed by atoms with Crippen LogP contribution in [0, 0.1) is 0 Å². The van der Waals surface area contributed by atoms with Crippen LogP contribution >= 0.6 is 11.8 Å². The van der Waals surface area contributed by atoms with Crippen molar-refractivity contribution < 1.29 is 8.42 Å². The minimum atomic E-state index is -3.79.